The van der Waals surface area contributed by atoms with Crippen LogP contribution in [-0.4, -0.2) is 20.7 Å². The van der Waals surface area contributed by atoms with Crippen molar-refractivity contribution in [2.75, 3.05) is 5.32 Å². The lowest BCUT2D eigenvalue weighted by molar-refractivity contribution is -0.115. The van der Waals surface area contributed by atoms with E-state index >= 15 is 0 Å². The number of nitrogens with one attached hydrogen (secondary N) is 2. The summed E-state index contributed by atoms with van der Waals surface area (Å²) in [7, 11) is 0. The van der Waals surface area contributed by atoms with E-state index < -0.39 is 0 Å². The molecule has 130 valence electrons. The Balaban J connectivity index is 1.40. The monoisotopic (exact) mass is 344 g/mol. The molecule has 0 atom stereocenters. The maximum atomic E-state index is 12.4. The summed E-state index contributed by atoms with van der Waals surface area (Å²) in [4.78, 5) is 15.6. The third-order valence-electron chi connectivity index (χ3n) is 4.41. The Morgan fingerprint density at radius 1 is 1.15 bits per heavy atom. The molecule has 26 heavy (non-hydrogen) atoms. The van der Waals surface area contributed by atoms with E-state index in [2.05, 4.69) is 46.6 Å². The summed E-state index contributed by atoms with van der Waals surface area (Å²) >= 11 is 0. The number of H-pyrrole nitrogens is 1. The number of nitrogens with zero attached hydrogens (tertiary/aromatic N) is 2. The van der Waals surface area contributed by atoms with Crippen molar-refractivity contribution in [1.29, 1.82) is 0 Å². The average molecular weight is 344 g/mol. The van der Waals surface area contributed by atoms with E-state index in [4.69, 9.17) is 0 Å². The van der Waals surface area contributed by atoms with E-state index in [0.717, 1.165) is 16.5 Å². The zero-order chi connectivity index (χ0) is 17.9. The van der Waals surface area contributed by atoms with Crippen LogP contribution in [0.2, 0.25) is 0 Å². The predicted molar refractivity (Wildman–Crippen MR) is 103 cm³/mol. The van der Waals surface area contributed by atoms with Gasteiger partial charge in [0.15, 0.2) is 0 Å². The van der Waals surface area contributed by atoms with Gasteiger partial charge in [0, 0.05) is 23.3 Å². The molecular formula is C21H20N4O. The minimum absolute atomic E-state index is 0.0513. The first-order valence-electron chi connectivity index (χ1n) is 8.60. The van der Waals surface area contributed by atoms with Crippen molar-refractivity contribution in [3.05, 3.63) is 83.8 Å². The van der Waals surface area contributed by atoms with Crippen LogP contribution in [0.5, 0.6) is 0 Å². The Hall–Kier alpha value is -3.34. The van der Waals surface area contributed by atoms with Crippen molar-refractivity contribution in [3.63, 3.8) is 0 Å². The minimum atomic E-state index is -0.0513. The van der Waals surface area contributed by atoms with Crippen molar-refractivity contribution in [1.82, 2.24) is 14.8 Å². The van der Waals surface area contributed by atoms with Crippen LogP contribution in [0.25, 0.3) is 10.9 Å². The van der Waals surface area contributed by atoms with E-state index in [1.807, 2.05) is 41.3 Å². The van der Waals surface area contributed by atoms with Gasteiger partial charge in [-0.2, -0.15) is 5.10 Å². The molecule has 4 rings (SSSR count). The van der Waals surface area contributed by atoms with Gasteiger partial charge in [0.25, 0.3) is 0 Å². The first-order chi connectivity index (χ1) is 12.7. The fraction of sp³-hybridized carbons (Fsp3) is 0.143. The summed E-state index contributed by atoms with van der Waals surface area (Å²) in [5, 5.41) is 8.33. The number of aryl methyl sites for hydroxylation is 1. The highest BCUT2D eigenvalue weighted by Crippen LogP contribution is 2.18. The number of hydrogen-bond donors (Lipinski definition) is 2. The number of carbonyl (C=O) groups is 1. The maximum absolute atomic E-state index is 12.4. The molecule has 2 aromatic heterocycles. The zero-order valence-corrected chi connectivity index (χ0v) is 14.6. The first-order valence-corrected chi connectivity index (χ1v) is 8.60. The van der Waals surface area contributed by atoms with Crippen LogP contribution >= 0.6 is 0 Å². The van der Waals surface area contributed by atoms with Crippen LogP contribution in [0.1, 0.15) is 16.7 Å². The summed E-state index contributed by atoms with van der Waals surface area (Å²) in [6.07, 6.45) is 5.76. The molecule has 0 radical (unpaired) electrons. The van der Waals surface area contributed by atoms with Gasteiger partial charge in [-0.05, 0) is 24.1 Å². The molecule has 0 aliphatic rings. The number of aromatic nitrogens is 3. The van der Waals surface area contributed by atoms with Gasteiger partial charge in [-0.1, -0.05) is 48.0 Å². The number of anilines is 1. The van der Waals surface area contributed by atoms with E-state index in [1.54, 1.807) is 6.20 Å². The van der Waals surface area contributed by atoms with E-state index in [1.165, 1.54) is 11.1 Å². The van der Waals surface area contributed by atoms with E-state index in [9.17, 15) is 4.79 Å². The van der Waals surface area contributed by atoms with Crippen LogP contribution in [0.15, 0.2) is 67.1 Å². The van der Waals surface area contributed by atoms with Gasteiger partial charge in [-0.3, -0.25) is 9.48 Å². The van der Waals surface area contributed by atoms with Crippen LogP contribution in [0.4, 0.5) is 5.69 Å². The molecule has 2 heterocycles. The Kier molecular flexibility index (Phi) is 4.27. The zero-order valence-electron chi connectivity index (χ0n) is 14.6. The molecule has 1 amide bonds. The molecule has 2 aromatic carbocycles. The summed E-state index contributed by atoms with van der Waals surface area (Å²) in [6, 6.07) is 16.3. The number of rotatable bonds is 5. The molecule has 0 fully saturated rings. The van der Waals surface area contributed by atoms with Gasteiger partial charge in [-0.25, -0.2) is 0 Å². The molecular weight excluding hydrogens is 324 g/mol. The molecule has 5 heteroatoms. The Bertz CT molecular complexity index is 1040. The molecule has 0 bridgehead atoms. The fourth-order valence-corrected chi connectivity index (χ4v) is 3.05. The van der Waals surface area contributed by atoms with Crippen molar-refractivity contribution in [3.8, 4) is 0 Å². The van der Waals surface area contributed by atoms with Crippen LogP contribution in [-0.2, 0) is 17.8 Å². The molecule has 0 spiro atoms. The number of fused-ring (bicyclic) bond motifs is 1. The Morgan fingerprint density at radius 3 is 2.81 bits per heavy atom. The average Bonchev–Trinajstić information content (AvgIpc) is 3.24. The molecule has 0 saturated carbocycles. The van der Waals surface area contributed by atoms with Gasteiger partial charge in [-0.15, -0.1) is 0 Å². The lowest BCUT2D eigenvalue weighted by atomic mass is 10.1. The third kappa shape index (κ3) is 3.52. The molecule has 0 aliphatic heterocycles. The van der Waals surface area contributed by atoms with Gasteiger partial charge in [0.2, 0.25) is 5.91 Å². The normalized spacial score (nSPS) is 11.0. The van der Waals surface area contributed by atoms with Crippen molar-refractivity contribution >= 4 is 22.5 Å². The molecule has 4 aromatic rings. The summed E-state index contributed by atoms with van der Waals surface area (Å²) in [6.45, 7) is 2.75. The van der Waals surface area contributed by atoms with Crippen LogP contribution in [0.3, 0.4) is 0 Å². The SMILES string of the molecule is Cc1ccc(Cn2cc(NC(=O)Cc3c[nH]c4ccccc34)cn2)cc1. The number of amides is 1. The second-order valence-corrected chi connectivity index (χ2v) is 6.50. The highest BCUT2D eigenvalue weighted by atomic mass is 16.1. The lowest BCUT2D eigenvalue weighted by Gasteiger charge is -2.03. The Morgan fingerprint density at radius 2 is 1.96 bits per heavy atom. The molecule has 5 nitrogen and oxygen atoms in total. The second-order valence-electron chi connectivity index (χ2n) is 6.50. The topological polar surface area (TPSA) is 62.7 Å². The molecule has 0 saturated heterocycles. The Labute approximate surface area is 151 Å². The predicted octanol–water partition coefficient (Wildman–Crippen LogP) is 3.90. The standard InChI is InChI=1S/C21H20N4O/c1-15-6-8-16(9-7-15)13-25-14-18(12-23-25)24-21(26)10-17-11-22-20-5-3-2-4-19(17)20/h2-9,11-12,14,22H,10,13H2,1H3,(H,24,26). The highest BCUT2D eigenvalue weighted by Gasteiger charge is 2.10. The second kappa shape index (κ2) is 6.88. The van der Waals surface area contributed by atoms with Crippen molar-refractivity contribution in [2.24, 2.45) is 0 Å². The summed E-state index contributed by atoms with van der Waals surface area (Å²) in [5.41, 5.74) is 5.16. The number of carbonyl (C=O) groups excluding carboxylic acids is 1. The fourth-order valence-electron chi connectivity index (χ4n) is 3.05. The van der Waals surface area contributed by atoms with Crippen molar-refractivity contribution in [2.45, 2.75) is 19.9 Å². The number of benzene rings is 2. The molecule has 2 N–H and O–H groups in total. The van der Waals surface area contributed by atoms with Gasteiger partial charge >= 0.3 is 0 Å². The van der Waals surface area contributed by atoms with E-state index in [-0.39, 0.29) is 5.91 Å². The van der Waals surface area contributed by atoms with E-state index in [0.29, 0.717) is 18.7 Å². The van der Waals surface area contributed by atoms with Gasteiger partial charge in [0.05, 0.1) is 24.8 Å². The third-order valence-corrected chi connectivity index (χ3v) is 4.41. The largest absolute Gasteiger partial charge is 0.361 e. The van der Waals surface area contributed by atoms with Crippen LogP contribution < -0.4 is 5.32 Å². The van der Waals surface area contributed by atoms with Crippen LogP contribution in [0, 0.1) is 6.92 Å². The first kappa shape index (κ1) is 16.1. The number of hydrogen-bond acceptors (Lipinski definition) is 2. The lowest BCUT2D eigenvalue weighted by Crippen LogP contribution is -2.13. The smallest absolute Gasteiger partial charge is 0.228 e. The number of aromatic amines is 1. The number of para-hydroxylation sites is 1. The van der Waals surface area contributed by atoms with Crippen molar-refractivity contribution < 1.29 is 4.79 Å². The van der Waals surface area contributed by atoms with Gasteiger partial charge in [0.1, 0.15) is 0 Å². The molecule has 0 aliphatic carbocycles. The highest BCUT2D eigenvalue weighted by molar-refractivity contribution is 5.95. The molecule has 0 unspecified atom stereocenters. The summed E-state index contributed by atoms with van der Waals surface area (Å²) in [5.74, 6) is -0.0513. The minimum Gasteiger partial charge on any atom is -0.361 e. The maximum Gasteiger partial charge on any atom is 0.228 e. The quantitative estimate of drug-likeness (QED) is 0.577. The summed E-state index contributed by atoms with van der Waals surface area (Å²) < 4.78 is 1.83. The van der Waals surface area contributed by atoms with Gasteiger partial charge < -0.3 is 10.3 Å².